The lowest BCUT2D eigenvalue weighted by molar-refractivity contribution is 1.03. The highest BCUT2D eigenvalue weighted by molar-refractivity contribution is 9.29. The third kappa shape index (κ3) is 5.85. The number of fused-ring (bicyclic) bond motifs is 2. The SMILES string of the molecule is CCc1ccc2c(C(Br)(Br)c3c(Br)c(Br)c(Br)c4c(Br)c(C(Br)(Br)C(Br)Br)c(Br)c(Br)c34)cccc2c1. The van der Waals surface area contributed by atoms with Crippen LogP contribution in [0.15, 0.2) is 63.2 Å². The molecule has 4 aromatic carbocycles. The topological polar surface area (TPSA) is 0 Å². The average Bonchev–Trinajstić information content (AvgIpc) is 2.84. The first-order chi connectivity index (χ1) is 17.2. The Balaban J connectivity index is 2.18. The number of hydrogen-bond acceptors (Lipinski definition) is 0. The molecular formula is C25H12Br12. The summed E-state index contributed by atoms with van der Waals surface area (Å²) in [5, 5.41) is 4.37. The lowest BCUT2D eigenvalue weighted by Gasteiger charge is -2.31. The van der Waals surface area contributed by atoms with Gasteiger partial charge in [-0.3, -0.25) is 0 Å². The second-order valence-electron chi connectivity index (χ2n) is 8.10. The molecule has 4 aromatic rings. The Kier molecular flexibility index (Phi) is 11.3. The zero-order valence-electron chi connectivity index (χ0n) is 18.3. The third-order valence-electron chi connectivity index (χ3n) is 6.01. The monoisotopic (exact) mass is 1260 g/mol. The van der Waals surface area contributed by atoms with Gasteiger partial charge < -0.3 is 0 Å². The highest BCUT2D eigenvalue weighted by Gasteiger charge is 2.41. The van der Waals surface area contributed by atoms with Gasteiger partial charge in [-0.1, -0.05) is 139 Å². The number of rotatable bonds is 5. The van der Waals surface area contributed by atoms with Crippen LogP contribution < -0.4 is 0 Å². The van der Waals surface area contributed by atoms with Crippen molar-refractivity contribution in [3.8, 4) is 0 Å². The van der Waals surface area contributed by atoms with Crippen molar-refractivity contribution in [3.05, 3.63) is 85.5 Å². The van der Waals surface area contributed by atoms with E-state index in [9.17, 15) is 0 Å². The van der Waals surface area contributed by atoms with Gasteiger partial charge in [0, 0.05) is 48.7 Å². The molecule has 4 rings (SSSR count). The highest BCUT2D eigenvalue weighted by Crippen LogP contribution is 2.61. The molecule has 0 heterocycles. The standard InChI is InChI=1S/C25H12Br12/c1-2-9-6-7-11-10(8-9)4-3-5-12(11)24(34,35)15-13-14(19(28)22(31)20(15)29)17(26)16(21(30)18(13)27)25(36,37)23(32)33/h3-8,23H,2H2,1H3. The molecule has 0 aliphatic heterocycles. The Morgan fingerprint density at radius 1 is 0.676 bits per heavy atom. The second-order valence-corrected chi connectivity index (χ2v) is 22.9. The zero-order valence-corrected chi connectivity index (χ0v) is 37.3. The number of alkyl halides is 6. The summed E-state index contributed by atoms with van der Waals surface area (Å²) in [6.07, 6.45) is 0.993. The highest BCUT2D eigenvalue weighted by atomic mass is 79.9. The molecule has 0 aromatic heterocycles. The number of hydrogen-bond donors (Lipinski definition) is 0. The van der Waals surface area contributed by atoms with Crippen LogP contribution in [0.4, 0.5) is 0 Å². The van der Waals surface area contributed by atoms with Gasteiger partial charge in [-0.25, -0.2) is 0 Å². The molecule has 0 aliphatic carbocycles. The van der Waals surface area contributed by atoms with Gasteiger partial charge in [-0.15, -0.1) is 0 Å². The van der Waals surface area contributed by atoms with E-state index in [1.165, 1.54) is 16.3 Å². The number of benzene rings is 4. The van der Waals surface area contributed by atoms with E-state index in [1.807, 2.05) is 0 Å². The lowest BCUT2D eigenvalue weighted by atomic mass is 9.93. The molecule has 0 aliphatic rings. The van der Waals surface area contributed by atoms with E-state index in [0.717, 1.165) is 60.7 Å². The van der Waals surface area contributed by atoms with Gasteiger partial charge in [0.2, 0.25) is 0 Å². The molecule has 0 fully saturated rings. The molecule has 0 amide bonds. The van der Waals surface area contributed by atoms with E-state index in [0.29, 0.717) is 0 Å². The second kappa shape index (κ2) is 12.6. The summed E-state index contributed by atoms with van der Waals surface area (Å²) in [6, 6.07) is 13.1. The van der Waals surface area contributed by atoms with Crippen molar-refractivity contribution in [2.45, 2.75) is 23.5 Å². The molecule has 12 heteroatoms. The fraction of sp³-hybridized carbons (Fsp3) is 0.200. The summed E-state index contributed by atoms with van der Waals surface area (Å²) in [5.74, 6) is 0. The average molecular weight is 1270 g/mol. The van der Waals surface area contributed by atoms with Crippen LogP contribution in [0, 0.1) is 0 Å². The summed E-state index contributed by atoms with van der Waals surface area (Å²) < 4.78 is 3.98. The van der Waals surface area contributed by atoms with Crippen LogP contribution in [0.5, 0.6) is 0 Å². The molecular weight excluding hydrogens is 1260 g/mol. The summed E-state index contributed by atoms with van der Waals surface area (Å²) in [6.45, 7) is 2.18. The van der Waals surface area contributed by atoms with Gasteiger partial charge in [0.1, 0.15) is 6.47 Å². The zero-order chi connectivity index (χ0) is 27.6. The van der Waals surface area contributed by atoms with Crippen molar-refractivity contribution < 1.29 is 0 Å². The minimum absolute atomic E-state index is 0.114. The molecule has 0 unspecified atom stereocenters. The predicted octanol–water partition coefficient (Wildman–Crippen LogP) is 15.2. The first-order valence-corrected chi connectivity index (χ1v) is 20.2. The van der Waals surface area contributed by atoms with Crippen LogP contribution in [0.25, 0.3) is 21.5 Å². The fourth-order valence-electron chi connectivity index (χ4n) is 4.18. The lowest BCUT2D eigenvalue weighted by Crippen LogP contribution is -2.20. The molecule has 0 saturated carbocycles. The molecule has 37 heavy (non-hydrogen) atoms. The van der Waals surface area contributed by atoms with E-state index in [-0.39, 0.29) is 3.74 Å². The molecule has 196 valence electrons. The number of halogens is 12. The molecule has 0 saturated heterocycles. The molecule has 0 radical (unpaired) electrons. The van der Waals surface area contributed by atoms with Gasteiger partial charge in [0.25, 0.3) is 0 Å². The van der Waals surface area contributed by atoms with Crippen molar-refractivity contribution in [1.82, 2.24) is 0 Å². The maximum Gasteiger partial charge on any atom is 0.132 e. The fourth-order valence-corrected chi connectivity index (χ4v) is 13.2. The van der Waals surface area contributed by atoms with Crippen molar-refractivity contribution in [3.63, 3.8) is 0 Å². The first-order valence-electron chi connectivity index (χ1n) is 10.4. The maximum atomic E-state index is 4.12. The Bertz CT molecular complexity index is 1560. The maximum absolute atomic E-state index is 4.12. The summed E-state index contributed by atoms with van der Waals surface area (Å²) in [4.78, 5) is 0. The summed E-state index contributed by atoms with van der Waals surface area (Å²) in [7, 11) is 0. The molecule has 0 N–H and O–H groups in total. The minimum atomic E-state index is -0.732. The van der Waals surface area contributed by atoms with Crippen LogP contribution in [0.2, 0.25) is 0 Å². The quantitative estimate of drug-likeness (QED) is 0.106. The summed E-state index contributed by atoms with van der Waals surface area (Å²) >= 11 is 46.7. The Morgan fingerprint density at radius 2 is 1.27 bits per heavy atom. The molecule has 0 atom stereocenters. The molecule has 0 spiro atoms. The van der Waals surface area contributed by atoms with Crippen LogP contribution in [0.1, 0.15) is 29.2 Å². The van der Waals surface area contributed by atoms with Gasteiger partial charge in [-0.2, -0.15) is 0 Å². The first kappa shape index (κ1) is 33.1. The van der Waals surface area contributed by atoms with Crippen LogP contribution in [-0.2, 0) is 12.9 Å². The largest absolute Gasteiger partial charge is 0.132 e. The van der Waals surface area contributed by atoms with Crippen molar-refractivity contribution in [2.24, 2.45) is 0 Å². The Morgan fingerprint density at radius 3 is 1.86 bits per heavy atom. The van der Waals surface area contributed by atoms with Gasteiger partial charge in [-0.05, 0) is 124 Å². The number of aryl methyl sites for hydroxylation is 1. The van der Waals surface area contributed by atoms with E-state index in [1.54, 1.807) is 0 Å². The van der Waals surface area contributed by atoms with Gasteiger partial charge in [0.15, 0.2) is 0 Å². The van der Waals surface area contributed by atoms with E-state index in [2.05, 4.69) is 234 Å². The van der Waals surface area contributed by atoms with E-state index in [4.69, 9.17) is 0 Å². The Labute approximate surface area is 316 Å². The van der Waals surface area contributed by atoms with Gasteiger partial charge in [0.05, 0.1) is 3.74 Å². The molecule has 0 nitrogen and oxygen atoms in total. The summed E-state index contributed by atoms with van der Waals surface area (Å²) in [5.41, 5.74) is 4.39. The smallest absolute Gasteiger partial charge is 0.0736 e. The van der Waals surface area contributed by atoms with E-state index >= 15 is 0 Å². The predicted molar refractivity (Wildman–Crippen MR) is 203 cm³/mol. The normalized spacial score (nSPS) is 12.8. The van der Waals surface area contributed by atoms with Crippen molar-refractivity contribution in [2.75, 3.05) is 0 Å². The van der Waals surface area contributed by atoms with Crippen LogP contribution in [0.3, 0.4) is 0 Å². The van der Waals surface area contributed by atoms with Crippen LogP contribution >= 0.6 is 191 Å². The van der Waals surface area contributed by atoms with Gasteiger partial charge >= 0.3 is 0 Å². The van der Waals surface area contributed by atoms with Crippen molar-refractivity contribution in [1.29, 1.82) is 0 Å². The van der Waals surface area contributed by atoms with Crippen molar-refractivity contribution >= 4 is 213 Å². The third-order valence-corrected chi connectivity index (χ3v) is 19.5. The Hall–Kier alpha value is 3.16. The minimum Gasteiger partial charge on any atom is -0.0736 e. The van der Waals surface area contributed by atoms with E-state index < -0.39 is 6.47 Å². The molecule has 0 bridgehead atoms. The van der Waals surface area contributed by atoms with Crippen LogP contribution in [-0.4, -0.2) is 3.74 Å².